The fraction of sp³-hybridized carbons (Fsp3) is 0.400. The Morgan fingerprint density at radius 3 is 2.33 bits per heavy atom. The lowest BCUT2D eigenvalue weighted by atomic mass is 9.72. The molecule has 3 aromatic carbocycles. The van der Waals surface area contributed by atoms with Crippen LogP contribution < -0.4 is 0 Å². The van der Waals surface area contributed by atoms with Crippen molar-refractivity contribution in [1.82, 2.24) is 4.90 Å². The summed E-state index contributed by atoms with van der Waals surface area (Å²) in [6.45, 7) is 1.25. The van der Waals surface area contributed by atoms with Gasteiger partial charge in [-0.05, 0) is 79.2 Å². The molecule has 1 aliphatic carbocycles. The summed E-state index contributed by atoms with van der Waals surface area (Å²) in [5.41, 5.74) is 1.53. The number of ketones is 1. The number of benzene rings is 3. The van der Waals surface area contributed by atoms with Crippen LogP contribution in [0.1, 0.15) is 83.2 Å². The van der Waals surface area contributed by atoms with Gasteiger partial charge in [0.15, 0.2) is 12.1 Å². The molecule has 5 rings (SSSR count). The second-order valence-electron chi connectivity index (χ2n) is 12.0. The van der Waals surface area contributed by atoms with Gasteiger partial charge in [-0.2, -0.15) is 13.2 Å². The number of likely N-dealkylation sites (tertiary alicyclic amines) is 1. The first-order valence-corrected chi connectivity index (χ1v) is 14.9. The number of halogens is 3. The van der Waals surface area contributed by atoms with Gasteiger partial charge in [0.2, 0.25) is 5.91 Å². The lowest BCUT2D eigenvalue weighted by Crippen LogP contribution is -2.32. The molecule has 1 N–H and O–H groups in total. The minimum Gasteiger partial charge on any atom is -0.385 e. The number of Topliss-reactive ketones (excluding diaryl/α,β-unsaturated/α-hetero) is 1. The minimum absolute atomic E-state index is 0.0161. The molecule has 5 nitrogen and oxygen atoms in total. The standard InChI is InChI=1S/C35H36F3NO4/c36-35(37,38)30-6-3-5-27(21-30)32(41)12-13-33(42)39-19-16-25(22-39)20-24-14-17-34(43,18-15-24)29-10-8-26(9-11-29)31-7-2-1-4-28(31)23-40/h1-11,21,23-25,43H,12-20,22H2. The molecule has 1 atom stereocenters. The van der Waals surface area contributed by atoms with Crippen LogP contribution in [0.15, 0.2) is 72.8 Å². The molecular weight excluding hydrogens is 555 g/mol. The van der Waals surface area contributed by atoms with Crippen LogP contribution in [-0.4, -0.2) is 41.1 Å². The molecule has 226 valence electrons. The van der Waals surface area contributed by atoms with Crippen LogP contribution in [0.25, 0.3) is 11.1 Å². The highest BCUT2D eigenvalue weighted by Crippen LogP contribution is 2.43. The molecule has 0 radical (unpaired) electrons. The van der Waals surface area contributed by atoms with Crippen molar-refractivity contribution in [2.45, 2.75) is 63.1 Å². The molecule has 43 heavy (non-hydrogen) atoms. The van der Waals surface area contributed by atoms with Gasteiger partial charge in [0.05, 0.1) is 11.2 Å². The fourth-order valence-corrected chi connectivity index (χ4v) is 6.62. The highest BCUT2D eigenvalue weighted by Gasteiger charge is 2.37. The van der Waals surface area contributed by atoms with E-state index < -0.39 is 23.1 Å². The molecule has 0 bridgehead atoms. The third-order valence-electron chi connectivity index (χ3n) is 9.14. The number of rotatable bonds is 9. The van der Waals surface area contributed by atoms with Crippen molar-refractivity contribution in [3.8, 4) is 11.1 Å². The number of carbonyl (C=O) groups excluding carboxylic acids is 3. The first-order valence-electron chi connectivity index (χ1n) is 14.9. The van der Waals surface area contributed by atoms with Gasteiger partial charge >= 0.3 is 6.18 Å². The Labute approximate surface area is 249 Å². The van der Waals surface area contributed by atoms with Gasteiger partial charge < -0.3 is 10.0 Å². The van der Waals surface area contributed by atoms with E-state index in [1.54, 1.807) is 11.0 Å². The zero-order valence-corrected chi connectivity index (χ0v) is 24.0. The number of aldehydes is 1. The van der Waals surface area contributed by atoms with Gasteiger partial charge in [0, 0.05) is 37.1 Å². The topological polar surface area (TPSA) is 74.7 Å². The van der Waals surface area contributed by atoms with E-state index in [4.69, 9.17) is 0 Å². The zero-order chi connectivity index (χ0) is 30.6. The summed E-state index contributed by atoms with van der Waals surface area (Å²) >= 11 is 0. The van der Waals surface area contributed by atoms with E-state index in [1.165, 1.54) is 12.1 Å². The SMILES string of the molecule is O=Cc1ccccc1-c1ccc(C2(O)CCC(CC3CCN(C(=O)CCC(=O)c4cccc(C(F)(F)F)c4)C3)CC2)cc1. The van der Waals surface area contributed by atoms with E-state index >= 15 is 0 Å². The highest BCUT2D eigenvalue weighted by molar-refractivity contribution is 5.98. The summed E-state index contributed by atoms with van der Waals surface area (Å²) < 4.78 is 38.9. The first-order chi connectivity index (χ1) is 20.6. The van der Waals surface area contributed by atoms with Gasteiger partial charge in [-0.3, -0.25) is 14.4 Å². The van der Waals surface area contributed by atoms with E-state index in [2.05, 4.69) is 0 Å². The van der Waals surface area contributed by atoms with Gasteiger partial charge in [0.25, 0.3) is 0 Å². The Kier molecular flexibility index (Phi) is 9.16. The second kappa shape index (κ2) is 12.8. The normalized spacial score (nSPS) is 22.4. The van der Waals surface area contributed by atoms with Gasteiger partial charge in [-0.1, -0.05) is 60.7 Å². The minimum atomic E-state index is -4.52. The molecule has 2 fully saturated rings. The van der Waals surface area contributed by atoms with E-state index in [0.717, 1.165) is 60.8 Å². The Morgan fingerprint density at radius 2 is 1.63 bits per heavy atom. The summed E-state index contributed by atoms with van der Waals surface area (Å²) in [5.74, 6) is 0.211. The maximum absolute atomic E-state index is 13.0. The van der Waals surface area contributed by atoms with E-state index in [0.29, 0.717) is 43.3 Å². The summed E-state index contributed by atoms with van der Waals surface area (Å²) in [4.78, 5) is 38.4. The molecule has 1 saturated carbocycles. The molecule has 8 heteroatoms. The molecule has 0 spiro atoms. The molecule has 1 amide bonds. The maximum atomic E-state index is 13.0. The smallest absolute Gasteiger partial charge is 0.385 e. The number of nitrogens with zero attached hydrogens (tertiary/aromatic N) is 1. The van der Waals surface area contributed by atoms with Crippen LogP contribution >= 0.6 is 0 Å². The van der Waals surface area contributed by atoms with Crippen molar-refractivity contribution >= 4 is 18.0 Å². The van der Waals surface area contributed by atoms with Crippen molar-refractivity contribution in [2.75, 3.05) is 13.1 Å². The van der Waals surface area contributed by atoms with Gasteiger partial charge in [-0.15, -0.1) is 0 Å². The monoisotopic (exact) mass is 591 g/mol. The number of aliphatic hydroxyl groups is 1. The summed E-state index contributed by atoms with van der Waals surface area (Å²) in [6, 6.07) is 19.6. The first kappa shape index (κ1) is 30.7. The number of amides is 1. The lowest BCUT2D eigenvalue weighted by molar-refractivity contribution is -0.137. The summed E-state index contributed by atoms with van der Waals surface area (Å²) in [6.07, 6.45) is 1.16. The van der Waals surface area contributed by atoms with Gasteiger partial charge in [-0.25, -0.2) is 0 Å². The van der Waals surface area contributed by atoms with Crippen LogP contribution in [0.4, 0.5) is 13.2 Å². The third-order valence-corrected chi connectivity index (χ3v) is 9.14. The number of hydrogen-bond donors (Lipinski definition) is 1. The van der Waals surface area contributed by atoms with Crippen LogP contribution in [0.5, 0.6) is 0 Å². The second-order valence-corrected chi connectivity index (χ2v) is 12.0. The van der Waals surface area contributed by atoms with E-state index in [9.17, 15) is 32.7 Å². The average molecular weight is 592 g/mol. The number of carbonyl (C=O) groups is 3. The molecule has 3 aromatic rings. The summed E-state index contributed by atoms with van der Waals surface area (Å²) in [7, 11) is 0. The van der Waals surface area contributed by atoms with Crippen LogP contribution in [0.3, 0.4) is 0 Å². The van der Waals surface area contributed by atoms with E-state index in [1.807, 2.05) is 42.5 Å². The van der Waals surface area contributed by atoms with Crippen molar-refractivity contribution in [3.63, 3.8) is 0 Å². The van der Waals surface area contributed by atoms with E-state index in [-0.39, 0.29) is 24.3 Å². The maximum Gasteiger partial charge on any atom is 0.416 e. The summed E-state index contributed by atoms with van der Waals surface area (Å²) in [5, 5.41) is 11.4. The molecule has 1 unspecified atom stereocenters. The predicted octanol–water partition coefficient (Wildman–Crippen LogP) is 7.46. The quantitative estimate of drug-likeness (QED) is 0.207. The number of hydrogen-bond acceptors (Lipinski definition) is 4. The molecule has 2 aliphatic rings. The molecule has 1 heterocycles. The molecule has 1 aliphatic heterocycles. The Hall–Kier alpha value is -3.78. The van der Waals surface area contributed by atoms with Crippen molar-refractivity contribution in [3.05, 3.63) is 95.1 Å². The van der Waals surface area contributed by atoms with Gasteiger partial charge in [0.1, 0.15) is 0 Å². The van der Waals surface area contributed by atoms with Crippen molar-refractivity contribution in [2.24, 2.45) is 11.8 Å². The largest absolute Gasteiger partial charge is 0.416 e. The Balaban J connectivity index is 1.08. The third kappa shape index (κ3) is 7.24. The molecule has 0 aromatic heterocycles. The lowest BCUT2D eigenvalue weighted by Gasteiger charge is -2.37. The van der Waals surface area contributed by atoms with Crippen LogP contribution in [0.2, 0.25) is 0 Å². The average Bonchev–Trinajstić information content (AvgIpc) is 3.49. The molecule has 1 saturated heterocycles. The Bertz CT molecular complexity index is 1460. The van der Waals surface area contributed by atoms with Crippen LogP contribution in [0, 0.1) is 11.8 Å². The Morgan fingerprint density at radius 1 is 0.907 bits per heavy atom. The van der Waals surface area contributed by atoms with Crippen molar-refractivity contribution < 1.29 is 32.7 Å². The van der Waals surface area contributed by atoms with Crippen molar-refractivity contribution in [1.29, 1.82) is 0 Å². The van der Waals surface area contributed by atoms with Crippen LogP contribution in [-0.2, 0) is 16.6 Å². The fourth-order valence-electron chi connectivity index (χ4n) is 6.62. The number of alkyl halides is 3. The zero-order valence-electron chi connectivity index (χ0n) is 24.0. The predicted molar refractivity (Wildman–Crippen MR) is 157 cm³/mol. The highest BCUT2D eigenvalue weighted by atomic mass is 19.4. The molecular formula is C35H36F3NO4.